The largest absolute Gasteiger partial charge is 0.480 e. The molecule has 3 rings (SSSR count). The Morgan fingerprint density at radius 2 is 2.04 bits per heavy atom. The van der Waals surface area contributed by atoms with Gasteiger partial charge in [-0.15, -0.1) is 4.33 Å². The van der Waals surface area contributed by atoms with Crippen LogP contribution in [-0.2, 0) is 24.3 Å². The molecular formula is C13H11NO8S2. The first-order valence-electron chi connectivity index (χ1n) is 6.51. The Morgan fingerprint density at radius 3 is 2.62 bits per heavy atom. The van der Waals surface area contributed by atoms with Gasteiger partial charge in [-0.25, -0.2) is 10.1 Å². The standard InChI is InChI=1S/C13H11NO8S2/c15-13(16)11-6-14(11)8-1-2-10-7(3-8)4-9(23-22-21-17)5-12(10)24(18,19)20/h1-5,11,17H,6H2,(H,15,16)(H,18,19,20). The average Bonchev–Trinajstić information content (AvgIpc) is 3.31. The number of hydrogen-bond acceptors (Lipinski definition) is 8. The van der Waals surface area contributed by atoms with Gasteiger partial charge in [-0.1, -0.05) is 11.1 Å². The van der Waals surface area contributed by atoms with Crippen LogP contribution in [0.15, 0.2) is 40.1 Å². The topological polar surface area (TPSA) is 133 Å². The number of carboxylic acids is 1. The van der Waals surface area contributed by atoms with Gasteiger partial charge in [0.2, 0.25) is 0 Å². The van der Waals surface area contributed by atoms with E-state index in [1.54, 1.807) is 23.1 Å². The zero-order valence-electron chi connectivity index (χ0n) is 11.8. The van der Waals surface area contributed by atoms with Crippen LogP contribution in [0.4, 0.5) is 5.69 Å². The van der Waals surface area contributed by atoms with E-state index in [0.29, 0.717) is 29.7 Å². The van der Waals surface area contributed by atoms with Crippen LogP contribution < -0.4 is 4.90 Å². The number of anilines is 1. The molecule has 1 heterocycles. The van der Waals surface area contributed by atoms with Gasteiger partial charge in [0.05, 0.1) is 18.6 Å². The summed E-state index contributed by atoms with van der Waals surface area (Å²) in [6.07, 6.45) is 0. The van der Waals surface area contributed by atoms with E-state index in [1.807, 2.05) is 0 Å². The fraction of sp³-hybridized carbons (Fsp3) is 0.154. The highest BCUT2D eigenvalue weighted by Crippen LogP contribution is 2.35. The summed E-state index contributed by atoms with van der Waals surface area (Å²) >= 11 is 0.545. The van der Waals surface area contributed by atoms with Crippen LogP contribution in [0.25, 0.3) is 10.8 Å². The molecule has 0 radical (unpaired) electrons. The van der Waals surface area contributed by atoms with Gasteiger partial charge in [-0.2, -0.15) is 8.42 Å². The molecule has 0 spiro atoms. The molecule has 11 heteroatoms. The number of benzene rings is 2. The molecule has 2 aromatic rings. The number of carbonyl (C=O) groups is 1. The molecule has 24 heavy (non-hydrogen) atoms. The first-order chi connectivity index (χ1) is 11.3. The van der Waals surface area contributed by atoms with Crippen LogP contribution in [-0.4, -0.2) is 41.9 Å². The number of fused-ring (bicyclic) bond motifs is 1. The molecule has 0 aromatic heterocycles. The van der Waals surface area contributed by atoms with Crippen molar-refractivity contribution in [3.63, 3.8) is 0 Å². The van der Waals surface area contributed by atoms with E-state index in [0.717, 1.165) is 0 Å². The lowest BCUT2D eigenvalue weighted by atomic mass is 10.1. The Hall–Kier alpha value is -1.89. The van der Waals surface area contributed by atoms with Crippen molar-refractivity contribution in [1.29, 1.82) is 0 Å². The first-order valence-corrected chi connectivity index (χ1v) is 8.69. The van der Waals surface area contributed by atoms with Crippen LogP contribution in [0.3, 0.4) is 0 Å². The average molecular weight is 373 g/mol. The minimum Gasteiger partial charge on any atom is -0.480 e. The van der Waals surface area contributed by atoms with Crippen molar-refractivity contribution in [1.82, 2.24) is 0 Å². The zero-order chi connectivity index (χ0) is 17.5. The van der Waals surface area contributed by atoms with Crippen LogP contribution in [0, 0.1) is 0 Å². The lowest BCUT2D eigenvalue weighted by Crippen LogP contribution is -2.10. The highest BCUT2D eigenvalue weighted by Gasteiger charge is 2.40. The fourth-order valence-electron chi connectivity index (χ4n) is 2.43. The summed E-state index contributed by atoms with van der Waals surface area (Å²) in [7, 11) is -4.50. The van der Waals surface area contributed by atoms with E-state index in [4.69, 9.17) is 10.4 Å². The minimum atomic E-state index is -4.50. The Labute approximate surface area is 140 Å². The number of nitrogens with zero attached hydrogens (tertiary/aromatic N) is 1. The normalized spacial score (nSPS) is 17.2. The molecule has 9 nitrogen and oxygen atoms in total. The van der Waals surface area contributed by atoms with Gasteiger partial charge < -0.3 is 10.0 Å². The zero-order valence-corrected chi connectivity index (χ0v) is 13.5. The van der Waals surface area contributed by atoms with Crippen LogP contribution in [0.5, 0.6) is 0 Å². The molecule has 2 aromatic carbocycles. The summed E-state index contributed by atoms with van der Waals surface area (Å²) in [6, 6.07) is 6.79. The molecule has 0 bridgehead atoms. The van der Waals surface area contributed by atoms with E-state index in [9.17, 15) is 17.8 Å². The molecule has 0 saturated carbocycles. The summed E-state index contributed by atoms with van der Waals surface area (Å²) in [5.74, 6) is -0.938. The Balaban J connectivity index is 2.09. The number of aliphatic carboxylic acids is 1. The molecule has 1 fully saturated rings. The van der Waals surface area contributed by atoms with Crippen LogP contribution in [0.1, 0.15) is 0 Å². The van der Waals surface area contributed by atoms with Crippen molar-refractivity contribution in [2.75, 3.05) is 11.4 Å². The van der Waals surface area contributed by atoms with Crippen molar-refractivity contribution in [3.05, 3.63) is 30.3 Å². The first kappa shape index (κ1) is 17.0. The van der Waals surface area contributed by atoms with Gasteiger partial charge in [0.25, 0.3) is 10.1 Å². The SMILES string of the molecule is O=C(O)C1CN1c1ccc2c(S(=O)(=O)O)cc(SOOO)cc2c1. The highest BCUT2D eigenvalue weighted by atomic mass is 32.2. The summed E-state index contributed by atoms with van der Waals surface area (Å²) in [6.45, 7) is 0.363. The second-order valence-electron chi connectivity index (χ2n) is 5.03. The lowest BCUT2D eigenvalue weighted by Gasteiger charge is -2.10. The Kier molecular flexibility index (Phi) is 4.38. The molecule has 1 aliphatic rings. The molecule has 3 N–H and O–H groups in total. The third-order valence-corrected chi connectivity index (χ3v) is 4.99. The predicted octanol–water partition coefficient (Wildman–Crippen LogP) is 1.79. The van der Waals surface area contributed by atoms with Crippen molar-refractivity contribution in [2.24, 2.45) is 0 Å². The van der Waals surface area contributed by atoms with Gasteiger partial charge in [0.1, 0.15) is 10.9 Å². The molecule has 1 atom stereocenters. The van der Waals surface area contributed by atoms with Crippen molar-refractivity contribution >= 4 is 44.6 Å². The third kappa shape index (κ3) is 3.31. The van der Waals surface area contributed by atoms with Crippen LogP contribution >= 0.6 is 12.0 Å². The van der Waals surface area contributed by atoms with Crippen molar-refractivity contribution in [2.45, 2.75) is 15.8 Å². The molecule has 0 amide bonds. The van der Waals surface area contributed by atoms with Crippen molar-refractivity contribution in [3.8, 4) is 0 Å². The van der Waals surface area contributed by atoms with Gasteiger partial charge in [-0.3, -0.25) is 4.55 Å². The van der Waals surface area contributed by atoms with E-state index in [-0.39, 0.29) is 15.2 Å². The number of hydrogen-bond donors (Lipinski definition) is 3. The quantitative estimate of drug-likeness (QED) is 0.226. The van der Waals surface area contributed by atoms with E-state index in [2.05, 4.69) is 9.37 Å². The summed E-state index contributed by atoms with van der Waals surface area (Å²) in [4.78, 5) is 12.5. The molecular weight excluding hydrogens is 362 g/mol. The van der Waals surface area contributed by atoms with E-state index < -0.39 is 22.1 Å². The number of carboxylic acid groups (broad SMARTS) is 1. The maximum atomic E-state index is 11.6. The predicted molar refractivity (Wildman–Crippen MR) is 83.2 cm³/mol. The molecule has 1 saturated heterocycles. The van der Waals surface area contributed by atoms with Gasteiger partial charge in [0, 0.05) is 16.0 Å². The third-order valence-electron chi connectivity index (χ3n) is 3.54. The molecule has 1 aliphatic heterocycles. The Morgan fingerprint density at radius 1 is 1.29 bits per heavy atom. The maximum Gasteiger partial charge on any atom is 0.328 e. The number of rotatable bonds is 6. The minimum absolute atomic E-state index is 0.252. The summed E-state index contributed by atoms with van der Waals surface area (Å²) in [5.41, 5.74) is 0.609. The van der Waals surface area contributed by atoms with Crippen molar-refractivity contribution < 1.29 is 37.5 Å². The summed E-state index contributed by atoms with van der Waals surface area (Å²) < 4.78 is 36.8. The maximum absolute atomic E-state index is 11.6. The van der Waals surface area contributed by atoms with E-state index in [1.165, 1.54) is 12.1 Å². The smallest absolute Gasteiger partial charge is 0.328 e. The van der Waals surface area contributed by atoms with Gasteiger partial charge in [-0.05, 0) is 29.7 Å². The van der Waals surface area contributed by atoms with Gasteiger partial charge >= 0.3 is 5.97 Å². The second kappa shape index (κ2) is 6.20. The fourth-order valence-corrected chi connectivity index (χ4v) is 3.69. The van der Waals surface area contributed by atoms with Gasteiger partial charge in [0.15, 0.2) is 0 Å². The highest BCUT2D eigenvalue weighted by molar-refractivity contribution is 7.94. The lowest BCUT2D eigenvalue weighted by molar-refractivity contribution is -0.432. The summed E-state index contributed by atoms with van der Waals surface area (Å²) in [5, 5.41) is 21.4. The van der Waals surface area contributed by atoms with E-state index >= 15 is 0 Å². The Bertz CT molecular complexity index is 914. The second-order valence-corrected chi connectivity index (χ2v) is 7.20. The molecule has 0 aliphatic carbocycles. The van der Waals surface area contributed by atoms with Crippen LogP contribution in [0.2, 0.25) is 0 Å². The molecule has 128 valence electrons. The molecule has 1 unspecified atom stereocenters. The monoisotopic (exact) mass is 373 g/mol.